The summed E-state index contributed by atoms with van der Waals surface area (Å²) in [4.78, 5) is 24.3. The zero-order valence-electron chi connectivity index (χ0n) is 26.6. The Morgan fingerprint density at radius 3 is 1.74 bits per heavy atom. The number of hydrogen-bond donors (Lipinski definition) is 1. The van der Waals surface area contributed by atoms with Crippen molar-refractivity contribution in [3.8, 4) is 11.5 Å². The third-order valence-electron chi connectivity index (χ3n) is 7.13. The number of benzene rings is 1. The van der Waals surface area contributed by atoms with Gasteiger partial charge in [-0.3, -0.25) is 9.59 Å². The summed E-state index contributed by atoms with van der Waals surface area (Å²) in [5, 5.41) is 11.2. The first-order valence-corrected chi connectivity index (χ1v) is 15.2. The van der Waals surface area contributed by atoms with Crippen molar-refractivity contribution in [2.45, 2.75) is 96.8 Å². The SMILES string of the molecule is C=CCOCCOC(=O)CCCC(C)(C)c1cc(OCCCC)c(C(C)(C)CCCC(=O)OCCOCC=C)cc1O. The summed E-state index contributed by atoms with van der Waals surface area (Å²) in [5.74, 6) is 0.432. The minimum Gasteiger partial charge on any atom is -0.508 e. The van der Waals surface area contributed by atoms with Gasteiger partial charge in [0.15, 0.2) is 0 Å². The molecule has 1 aromatic carbocycles. The fraction of sp³-hybridized carbons (Fsp3) is 0.647. The van der Waals surface area contributed by atoms with Gasteiger partial charge in [-0.05, 0) is 55.1 Å². The topological polar surface area (TPSA) is 101 Å². The molecule has 8 nitrogen and oxygen atoms in total. The second-order valence-corrected chi connectivity index (χ2v) is 11.7. The van der Waals surface area contributed by atoms with Crippen molar-refractivity contribution in [2.24, 2.45) is 0 Å². The first-order chi connectivity index (χ1) is 20.0. The molecule has 0 aliphatic rings. The van der Waals surface area contributed by atoms with E-state index < -0.39 is 5.41 Å². The minimum atomic E-state index is -0.401. The number of carbonyl (C=O) groups is 2. The van der Waals surface area contributed by atoms with E-state index in [0.717, 1.165) is 29.7 Å². The monoisotopic (exact) mass is 590 g/mol. The van der Waals surface area contributed by atoms with Crippen LogP contribution in [0.5, 0.6) is 11.5 Å². The molecule has 0 spiro atoms. The molecule has 1 N–H and O–H groups in total. The zero-order chi connectivity index (χ0) is 31.4. The van der Waals surface area contributed by atoms with Crippen LogP contribution < -0.4 is 4.74 Å². The van der Waals surface area contributed by atoms with E-state index in [-0.39, 0.29) is 36.3 Å². The van der Waals surface area contributed by atoms with Gasteiger partial charge in [-0.15, -0.1) is 13.2 Å². The first kappa shape index (κ1) is 37.2. The summed E-state index contributed by atoms with van der Waals surface area (Å²) in [7, 11) is 0. The van der Waals surface area contributed by atoms with E-state index in [1.807, 2.05) is 12.1 Å². The molecule has 0 aliphatic carbocycles. The summed E-state index contributed by atoms with van der Waals surface area (Å²) in [6.07, 6.45) is 8.47. The average Bonchev–Trinajstić information content (AvgIpc) is 2.93. The number of phenols is 1. The third kappa shape index (κ3) is 14.4. The van der Waals surface area contributed by atoms with Gasteiger partial charge in [0.05, 0.1) is 33.0 Å². The number of carbonyl (C=O) groups excluding carboxylic acids is 2. The molecule has 0 aromatic heterocycles. The smallest absolute Gasteiger partial charge is 0.305 e. The molecule has 0 heterocycles. The number of hydrogen-bond acceptors (Lipinski definition) is 8. The van der Waals surface area contributed by atoms with Crippen molar-refractivity contribution in [3.63, 3.8) is 0 Å². The van der Waals surface area contributed by atoms with Gasteiger partial charge in [0.1, 0.15) is 24.7 Å². The average molecular weight is 591 g/mol. The van der Waals surface area contributed by atoms with Crippen LogP contribution in [-0.4, -0.2) is 63.3 Å². The Morgan fingerprint density at radius 2 is 1.26 bits per heavy atom. The standard InChI is InChI=1S/C34H54O8/c1-8-11-20-40-30-26-27(33(4,5)16-12-14-31(36)41-23-21-38-18-9-2)29(35)25-28(30)34(6,7)17-13-15-32(37)42-24-22-39-19-10-3/h9-10,25-26,35H,2-3,8,11-24H2,1,4-7H3. The lowest BCUT2D eigenvalue weighted by atomic mass is 9.75. The van der Waals surface area contributed by atoms with Gasteiger partial charge in [-0.25, -0.2) is 0 Å². The maximum atomic E-state index is 12.2. The summed E-state index contributed by atoms with van der Waals surface area (Å²) < 4.78 is 27.2. The summed E-state index contributed by atoms with van der Waals surface area (Å²) in [6.45, 7) is 20.2. The molecule has 0 radical (unpaired) electrons. The highest BCUT2D eigenvalue weighted by atomic mass is 16.6. The molecule has 0 aliphatic heterocycles. The van der Waals surface area contributed by atoms with Crippen LogP contribution in [0.2, 0.25) is 0 Å². The summed E-state index contributed by atoms with van der Waals surface area (Å²) in [5.41, 5.74) is 0.933. The lowest BCUT2D eigenvalue weighted by molar-refractivity contribution is -0.146. The molecule has 1 rings (SSSR count). The van der Waals surface area contributed by atoms with Gasteiger partial charge in [0, 0.05) is 24.0 Å². The molecule has 238 valence electrons. The molecule has 0 saturated heterocycles. The van der Waals surface area contributed by atoms with E-state index in [1.54, 1.807) is 12.2 Å². The Balaban J connectivity index is 2.87. The predicted octanol–water partition coefficient (Wildman–Crippen LogP) is 6.96. The highest BCUT2D eigenvalue weighted by Crippen LogP contribution is 2.44. The molecule has 0 atom stereocenters. The highest BCUT2D eigenvalue weighted by Gasteiger charge is 2.31. The predicted molar refractivity (Wildman–Crippen MR) is 166 cm³/mol. The molecule has 42 heavy (non-hydrogen) atoms. The number of ether oxygens (including phenoxy) is 5. The van der Waals surface area contributed by atoms with E-state index in [4.69, 9.17) is 23.7 Å². The Kier molecular flexibility index (Phi) is 17.8. The highest BCUT2D eigenvalue weighted by molar-refractivity contribution is 5.69. The van der Waals surface area contributed by atoms with E-state index in [9.17, 15) is 14.7 Å². The third-order valence-corrected chi connectivity index (χ3v) is 7.13. The molecule has 0 unspecified atom stereocenters. The second kappa shape index (κ2) is 20.1. The van der Waals surface area contributed by atoms with Crippen LogP contribution >= 0.6 is 0 Å². The quantitative estimate of drug-likeness (QED) is 0.0784. The normalized spacial score (nSPS) is 11.6. The molecule has 1 aromatic rings. The molecule has 0 saturated carbocycles. The molecular formula is C34H54O8. The Bertz CT molecular complexity index is 967. The lowest BCUT2D eigenvalue weighted by Crippen LogP contribution is -2.22. The molecule has 8 heteroatoms. The van der Waals surface area contributed by atoms with Crippen molar-refractivity contribution >= 4 is 11.9 Å². The number of esters is 2. The second-order valence-electron chi connectivity index (χ2n) is 11.7. The van der Waals surface area contributed by atoms with Crippen LogP contribution in [-0.2, 0) is 39.4 Å². The van der Waals surface area contributed by atoms with Crippen molar-refractivity contribution in [1.82, 2.24) is 0 Å². The van der Waals surface area contributed by atoms with E-state index in [1.165, 1.54) is 0 Å². The fourth-order valence-corrected chi connectivity index (χ4v) is 4.61. The van der Waals surface area contributed by atoms with Crippen LogP contribution in [0.3, 0.4) is 0 Å². The molecule has 0 fully saturated rings. The van der Waals surface area contributed by atoms with E-state index in [2.05, 4.69) is 47.8 Å². The number of phenolic OH excluding ortho intramolecular Hbond substituents is 1. The largest absolute Gasteiger partial charge is 0.508 e. The van der Waals surface area contributed by atoms with Crippen molar-refractivity contribution in [1.29, 1.82) is 0 Å². The van der Waals surface area contributed by atoms with Gasteiger partial charge in [0.2, 0.25) is 0 Å². The Morgan fingerprint density at radius 1 is 0.762 bits per heavy atom. The molecule has 0 amide bonds. The maximum Gasteiger partial charge on any atom is 0.305 e. The maximum absolute atomic E-state index is 12.2. The van der Waals surface area contributed by atoms with Gasteiger partial charge >= 0.3 is 11.9 Å². The first-order valence-electron chi connectivity index (χ1n) is 15.2. The number of aromatic hydroxyl groups is 1. The molecular weight excluding hydrogens is 536 g/mol. The summed E-state index contributed by atoms with van der Waals surface area (Å²) in [6, 6.07) is 3.76. The van der Waals surface area contributed by atoms with Gasteiger partial charge in [-0.2, -0.15) is 0 Å². The van der Waals surface area contributed by atoms with Crippen molar-refractivity contribution in [2.75, 3.05) is 46.2 Å². The Hall–Kier alpha value is -2.84. The van der Waals surface area contributed by atoms with Crippen molar-refractivity contribution in [3.05, 3.63) is 48.6 Å². The fourth-order valence-electron chi connectivity index (χ4n) is 4.61. The lowest BCUT2D eigenvalue weighted by Gasteiger charge is -2.32. The summed E-state index contributed by atoms with van der Waals surface area (Å²) >= 11 is 0. The van der Waals surface area contributed by atoms with Crippen LogP contribution in [0.25, 0.3) is 0 Å². The van der Waals surface area contributed by atoms with Crippen LogP contribution in [0, 0.1) is 0 Å². The van der Waals surface area contributed by atoms with Gasteiger partial charge in [-0.1, -0.05) is 53.2 Å². The van der Waals surface area contributed by atoms with Crippen LogP contribution in [0.4, 0.5) is 0 Å². The number of rotatable bonds is 24. The van der Waals surface area contributed by atoms with E-state index >= 15 is 0 Å². The van der Waals surface area contributed by atoms with Crippen LogP contribution in [0.1, 0.15) is 97.1 Å². The van der Waals surface area contributed by atoms with Gasteiger partial charge < -0.3 is 28.8 Å². The minimum absolute atomic E-state index is 0.201. The van der Waals surface area contributed by atoms with E-state index in [0.29, 0.717) is 71.6 Å². The number of unbranched alkanes of at least 4 members (excludes halogenated alkanes) is 1. The molecule has 0 bridgehead atoms. The Labute approximate surface area is 253 Å². The van der Waals surface area contributed by atoms with Crippen LogP contribution in [0.15, 0.2) is 37.4 Å². The van der Waals surface area contributed by atoms with Crippen molar-refractivity contribution < 1.29 is 38.4 Å². The van der Waals surface area contributed by atoms with Gasteiger partial charge in [0.25, 0.3) is 0 Å². The zero-order valence-corrected chi connectivity index (χ0v) is 26.6.